The molecule has 0 spiro atoms. The molecule has 0 bridgehead atoms. The molecule has 0 aromatic heterocycles. The lowest BCUT2D eigenvalue weighted by Gasteiger charge is -2.18. The minimum atomic E-state index is -0.898. The summed E-state index contributed by atoms with van der Waals surface area (Å²) in [5, 5.41) is 12.0. The Kier molecular flexibility index (Phi) is 8.36. The number of carbonyl (C=O) groups is 2. The van der Waals surface area contributed by atoms with Crippen molar-refractivity contribution in [1.82, 2.24) is 5.32 Å². The second kappa shape index (κ2) is 11.0. The van der Waals surface area contributed by atoms with Gasteiger partial charge in [-0.25, -0.2) is 4.79 Å². The number of aliphatic carboxylic acids is 1. The topological polar surface area (TPSA) is 75.6 Å². The Morgan fingerprint density at radius 2 is 1.59 bits per heavy atom. The summed E-state index contributed by atoms with van der Waals surface area (Å²) in [4.78, 5) is 23.3. The van der Waals surface area contributed by atoms with Crippen molar-refractivity contribution in [2.24, 2.45) is 11.8 Å². The van der Waals surface area contributed by atoms with E-state index in [1.807, 2.05) is 55.5 Å². The monoisotopic (exact) mass is 369 g/mol. The molecule has 0 saturated carbocycles. The van der Waals surface area contributed by atoms with E-state index in [2.05, 4.69) is 17.4 Å². The van der Waals surface area contributed by atoms with Crippen LogP contribution < -0.4 is 5.32 Å². The fourth-order valence-corrected chi connectivity index (χ4v) is 2.91. The van der Waals surface area contributed by atoms with Gasteiger partial charge in [-0.2, -0.15) is 0 Å². The molecule has 0 fully saturated rings. The molecule has 0 heterocycles. The van der Waals surface area contributed by atoms with Gasteiger partial charge in [0.25, 0.3) is 0 Å². The highest BCUT2D eigenvalue weighted by Crippen LogP contribution is 2.18. The molecule has 0 saturated heterocycles. The first-order valence-corrected chi connectivity index (χ1v) is 9.26. The standard InChI is InChI=1S/C22H27NO4/c1-17(12-13-18-8-4-2-5-9-18)14-20(21(24)25)15-23-22(26)27-16-19-10-6-3-7-11-19/h2-11,17,20H,12-16H2,1H3,(H,23,26)(H,24,25). The van der Waals surface area contributed by atoms with Crippen molar-refractivity contribution in [3.8, 4) is 0 Å². The lowest BCUT2D eigenvalue weighted by Crippen LogP contribution is -2.34. The van der Waals surface area contributed by atoms with Crippen LogP contribution in [0.1, 0.15) is 30.9 Å². The number of aryl methyl sites for hydroxylation is 1. The van der Waals surface area contributed by atoms with Crippen molar-refractivity contribution in [3.05, 3.63) is 71.8 Å². The number of hydrogen-bond donors (Lipinski definition) is 2. The molecule has 2 atom stereocenters. The normalized spacial score (nSPS) is 12.8. The molecule has 0 aliphatic carbocycles. The fourth-order valence-electron chi connectivity index (χ4n) is 2.91. The Hall–Kier alpha value is -2.82. The lowest BCUT2D eigenvalue weighted by molar-refractivity contribution is -0.142. The van der Waals surface area contributed by atoms with Crippen LogP contribution >= 0.6 is 0 Å². The summed E-state index contributed by atoms with van der Waals surface area (Å²) in [5.41, 5.74) is 2.14. The van der Waals surface area contributed by atoms with Crippen LogP contribution in [0.25, 0.3) is 0 Å². The molecule has 2 rings (SSSR count). The number of rotatable bonds is 10. The average Bonchev–Trinajstić information content (AvgIpc) is 2.69. The van der Waals surface area contributed by atoms with E-state index in [9.17, 15) is 14.7 Å². The second-order valence-electron chi connectivity index (χ2n) is 6.84. The Bertz CT molecular complexity index is 703. The number of carboxylic acid groups (broad SMARTS) is 1. The van der Waals surface area contributed by atoms with Crippen LogP contribution in [-0.2, 0) is 22.6 Å². The molecule has 0 radical (unpaired) electrons. The first kappa shape index (κ1) is 20.5. The Morgan fingerprint density at radius 1 is 1.00 bits per heavy atom. The third-order valence-corrected chi connectivity index (χ3v) is 4.51. The van der Waals surface area contributed by atoms with Crippen LogP contribution in [0.4, 0.5) is 4.79 Å². The van der Waals surface area contributed by atoms with Crippen molar-refractivity contribution in [2.75, 3.05) is 6.54 Å². The zero-order chi connectivity index (χ0) is 19.5. The van der Waals surface area contributed by atoms with Gasteiger partial charge >= 0.3 is 12.1 Å². The summed E-state index contributed by atoms with van der Waals surface area (Å²) in [6.07, 6.45) is 1.75. The van der Waals surface area contributed by atoms with E-state index in [0.29, 0.717) is 6.42 Å². The van der Waals surface area contributed by atoms with Gasteiger partial charge < -0.3 is 15.2 Å². The highest BCUT2D eigenvalue weighted by molar-refractivity contribution is 5.72. The summed E-state index contributed by atoms with van der Waals surface area (Å²) in [7, 11) is 0. The molecule has 2 unspecified atom stereocenters. The average molecular weight is 369 g/mol. The molecule has 2 aromatic carbocycles. The number of carboxylic acids is 1. The molecule has 0 aliphatic rings. The highest BCUT2D eigenvalue weighted by Gasteiger charge is 2.21. The van der Waals surface area contributed by atoms with E-state index in [0.717, 1.165) is 18.4 Å². The predicted molar refractivity (Wildman–Crippen MR) is 104 cm³/mol. The SMILES string of the molecule is CC(CCc1ccccc1)CC(CNC(=O)OCc1ccccc1)C(=O)O. The third kappa shape index (κ3) is 7.94. The number of nitrogens with one attached hydrogen (secondary N) is 1. The number of amides is 1. The number of ether oxygens (including phenoxy) is 1. The van der Waals surface area contributed by atoms with Crippen LogP contribution in [0.3, 0.4) is 0 Å². The van der Waals surface area contributed by atoms with Crippen molar-refractivity contribution in [3.63, 3.8) is 0 Å². The Labute approximate surface area is 160 Å². The van der Waals surface area contributed by atoms with Crippen LogP contribution in [-0.4, -0.2) is 23.7 Å². The smallest absolute Gasteiger partial charge is 0.407 e. The first-order valence-electron chi connectivity index (χ1n) is 9.26. The maximum atomic E-state index is 11.8. The molecule has 5 nitrogen and oxygen atoms in total. The van der Waals surface area contributed by atoms with E-state index in [1.165, 1.54) is 5.56 Å². The van der Waals surface area contributed by atoms with Crippen molar-refractivity contribution in [1.29, 1.82) is 0 Å². The van der Waals surface area contributed by atoms with E-state index in [4.69, 9.17) is 4.74 Å². The molecule has 27 heavy (non-hydrogen) atoms. The van der Waals surface area contributed by atoms with E-state index in [1.54, 1.807) is 0 Å². The molecule has 2 N–H and O–H groups in total. The third-order valence-electron chi connectivity index (χ3n) is 4.51. The molecule has 144 valence electrons. The van der Waals surface area contributed by atoms with E-state index in [-0.39, 0.29) is 19.1 Å². The molecule has 5 heteroatoms. The molecular weight excluding hydrogens is 342 g/mol. The second-order valence-corrected chi connectivity index (χ2v) is 6.84. The minimum Gasteiger partial charge on any atom is -0.481 e. The molecule has 2 aromatic rings. The summed E-state index contributed by atoms with van der Waals surface area (Å²) in [5.74, 6) is -1.28. The van der Waals surface area contributed by atoms with Crippen molar-refractivity contribution < 1.29 is 19.4 Å². The highest BCUT2D eigenvalue weighted by atomic mass is 16.5. The predicted octanol–water partition coefficient (Wildman–Crippen LogP) is 4.27. The molecular formula is C22H27NO4. The number of alkyl carbamates (subject to hydrolysis) is 1. The van der Waals surface area contributed by atoms with Gasteiger partial charge in [0.05, 0.1) is 5.92 Å². The summed E-state index contributed by atoms with van der Waals surface area (Å²) >= 11 is 0. The summed E-state index contributed by atoms with van der Waals surface area (Å²) < 4.78 is 5.13. The number of carbonyl (C=O) groups excluding carboxylic acids is 1. The van der Waals surface area contributed by atoms with Crippen LogP contribution in [0.5, 0.6) is 0 Å². The van der Waals surface area contributed by atoms with E-state index < -0.39 is 18.0 Å². The van der Waals surface area contributed by atoms with Gasteiger partial charge in [0.15, 0.2) is 0 Å². The zero-order valence-corrected chi connectivity index (χ0v) is 15.6. The molecule has 0 aliphatic heterocycles. The van der Waals surface area contributed by atoms with Crippen LogP contribution in [0, 0.1) is 11.8 Å². The number of hydrogen-bond acceptors (Lipinski definition) is 3. The summed E-state index contributed by atoms with van der Waals surface area (Å²) in [6.45, 7) is 2.28. The molecule has 1 amide bonds. The van der Waals surface area contributed by atoms with Gasteiger partial charge in [-0.1, -0.05) is 67.6 Å². The van der Waals surface area contributed by atoms with Gasteiger partial charge in [-0.05, 0) is 36.3 Å². The Morgan fingerprint density at radius 3 is 2.19 bits per heavy atom. The van der Waals surface area contributed by atoms with Gasteiger partial charge in [-0.3, -0.25) is 4.79 Å². The van der Waals surface area contributed by atoms with Crippen LogP contribution in [0.15, 0.2) is 60.7 Å². The van der Waals surface area contributed by atoms with E-state index >= 15 is 0 Å². The van der Waals surface area contributed by atoms with Gasteiger partial charge in [0.2, 0.25) is 0 Å². The van der Waals surface area contributed by atoms with Crippen LogP contribution in [0.2, 0.25) is 0 Å². The van der Waals surface area contributed by atoms with Gasteiger partial charge in [0.1, 0.15) is 6.61 Å². The largest absolute Gasteiger partial charge is 0.481 e. The number of benzene rings is 2. The lowest BCUT2D eigenvalue weighted by atomic mass is 9.91. The van der Waals surface area contributed by atoms with Crippen molar-refractivity contribution >= 4 is 12.1 Å². The fraction of sp³-hybridized carbons (Fsp3) is 0.364. The quantitative estimate of drug-likeness (QED) is 0.656. The van der Waals surface area contributed by atoms with Gasteiger partial charge in [-0.15, -0.1) is 0 Å². The first-order chi connectivity index (χ1) is 13.0. The maximum absolute atomic E-state index is 11.8. The maximum Gasteiger partial charge on any atom is 0.407 e. The summed E-state index contributed by atoms with van der Waals surface area (Å²) in [6, 6.07) is 19.5. The zero-order valence-electron chi connectivity index (χ0n) is 15.6. The van der Waals surface area contributed by atoms with Gasteiger partial charge in [0, 0.05) is 6.54 Å². The minimum absolute atomic E-state index is 0.0681. The van der Waals surface area contributed by atoms with Crippen molar-refractivity contribution in [2.45, 2.75) is 32.8 Å². The Balaban J connectivity index is 1.72.